The Morgan fingerprint density at radius 2 is 2.06 bits per heavy atom. The molecule has 0 aliphatic rings. The molecule has 18 heavy (non-hydrogen) atoms. The summed E-state index contributed by atoms with van der Waals surface area (Å²) in [5, 5.41) is 8.65. The Hall–Kier alpha value is -1.37. The van der Waals surface area contributed by atoms with Crippen LogP contribution in [0.4, 0.5) is 5.95 Å². The molecular formula is C11H17BrN6. The molecule has 0 aromatic carbocycles. The van der Waals surface area contributed by atoms with Crippen molar-refractivity contribution in [2.24, 2.45) is 0 Å². The molecule has 0 bridgehead atoms. The van der Waals surface area contributed by atoms with E-state index in [0.29, 0.717) is 17.3 Å². The van der Waals surface area contributed by atoms with Gasteiger partial charge in [-0.25, -0.2) is 4.68 Å². The average molecular weight is 313 g/mol. The lowest BCUT2D eigenvalue weighted by molar-refractivity contribution is 0.424. The predicted molar refractivity (Wildman–Crippen MR) is 73.1 cm³/mol. The number of aromatic nitrogens is 5. The highest BCUT2D eigenvalue weighted by Crippen LogP contribution is 2.15. The van der Waals surface area contributed by atoms with Crippen molar-refractivity contribution < 1.29 is 0 Å². The summed E-state index contributed by atoms with van der Waals surface area (Å²) < 4.78 is 4.33. The molecule has 2 aromatic heterocycles. The van der Waals surface area contributed by atoms with Crippen LogP contribution in [0.15, 0.2) is 17.0 Å². The third-order valence-electron chi connectivity index (χ3n) is 2.93. The number of anilines is 1. The van der Waals surface area contributed by atoms with Gasteiger partial charge in [0.05, 0.1) is 18.3 Å². The molecule has 7 heteroatoms. The van der Waals surface area contributed by atoms with Gasteiger partial charge >= 0.3 is 0 Å². The van der Waals surface area contributed by atoms with Crippen LogP contribution in [0, 0.1) is 0 Å². The Morgan fingerprint density at radius 1 is 1.33 bits per heavy atom. The second-order valence-corrected chi connectivity index (χ2v) is 4.86. The van der Waals surface area contributed by atoms with Crippen molar-refractivity contribution in [3.05, 3.63) is 22.7 Å². The van der Waals surface area contributed by atoms with Crippen LogP contribution in [-0.4, -0.2) is 24.5 Å². The molecular weight excluding hydrogens is 296 g/mol. The van der Waals surface area contributed by atoms with Crippen LogP contribution >= 0.6 is 15.9 Å². The monoisotopic (exact) mass is 312 g/mol. The molecule has 0 spiro atoms. The highest BCUT2D eigenvalue weighted by molar-refractivity contribution is 9.10. The third-order valence-corrected chi connectivity index (χ3v) is 3.52. The lowest BCUT2D eigenvalue weighted by atomic mass is 10.2. The first-order chi connectivity index (χ1) is 8.63. The summed E-state index contributed by atoms with van der Waals surface area (Å²) >= 11 is 3.31. The molecule has 0 atom stereocenters. The summed E-state index contributed by atoms with van der Waals surface area (Å²) in [6.07, 6.45) is 4.18. The molecule has 0 unspecified atom stereocenters. The standard InChI is InChI=1S/C11H17BrN6/c1-3-9(4-2)17-6-5-8(15-17)7-18-10(12)14-11(13)16-18/h5-6,9H,3-4,7H2,1-2H3,(H2,13,16). The molecule has 0 fully saturated rings. The fourth-order valence-corrected chi connectivity index (χ4v) is 2.31. The summed E-state index contributed by atoms with van der Waals surface area (Å²) in [6.45, 7) is 4.91. The van der Waals surface area contributed by atoms with Gasteiger partial charge in [-0.15, -0.1) is 5.10 Å². The molecule has 2 rings (SSSR count). The summed E-state index contributed by atoms with van der Waals surface area (Å²) in [7, 11) is 0. The second-order valence-electron chi connectivity index (χ2n) is 4.15. The highest BCUT2D eigenvalue weighted by Gasteiger charge is 2.10. The maximum atomic E-state index is 5.53. The molecule has 0 amide bonds. The van der Waals surface area contributed by atoms with Gasteiger partial charge in [-0.2, -0.15) is 10.1 Å². The number of nitrogen functional groups attached to an aromatic ring is 1. The Morgan fingerprint density at radius 3 is 2.61 bits per heavy atom. The molecule has 0 aliphatic heterocycles. The molecule has 6 nitrogen and oxygen atoms in total. The van der Waals surface area contributed by atoms with Crippen LogP contribution in [0.1, 0.15) is 38.4 Å². The fraction of sp³-hybridized carbons (Fsp3) is 0.545. The van der Waals surface area contributed by atoms with E-state index < -0.39 is 0 Å². The van der Waals surface area contributed by atoms with E-state index in [4.69, 9.17) is 5.73 Å². The third kappa shape index (κ3) is 2.72. The topological polar surface area (TPSA) is 74.5 Å². The first-order valence-electron chi connectivity index (χ1n) is 6.03. The van der Waals surface area contributed by atoms with Crippen molar-refractivity contribution in [3.8, 4) is 0 Å². The Balaban J connectivity index is 2.13. The smallest absolute Gasteiger partial charge is 0.240 e. The second kappa shape index (κ2) is 5.51. The number of nitrogens with zero attached hydrogens (tertiary/aromatic N) is 5. The molecule has 2 aromatic rings. The zero-order chi connectivity index (χ0) is 13.1. The van der Waals surface area contributed by atoms with E-state index in [2.05, 4.69) is 45.0 Å². The Labute approximate surface area is 114 Å². The Bertz CT molecular complexity index is 513. The highest BCUT2D eigenvalue weighted by atomic mass is 79.9. The molecule has 98 valence electrons. The van der Waals surface area contributed by atoms with Crippen LogP contribution in [0.25, 0.3) is 0 Å². The summed E-state index contributed by atoms with van der Waals surface area (Å²) in [6, 6.07) is 2.46. The number of hydrogen-bond acceptors (Lipinski definition) is 4. The maximum Gasteiger partial charge on any atom is 0.240 e. The summed E-state index contributed by atoms with van der Waals surface area (Å²) in [4.78, 5) is 3.99. The first kappa shape index (κ1) is 13.1. The maximum absolute atomic E-state index is 5.53. The molecule has 0 aliphatic carbocycles. The van der Waals surface area contributed by atoms with E-state index in [1.54, 1.807) is 4.68 Å². The van der Waals surface area contributed by atoms with Crippen LogP contribution < -0.4 is 5.73 Å². The number of rotatable bonds is 5. The largest absolute Gasteiger partial charge is 0.366 e. The SMILES string of the molecule is CCC(CC)n1ccc(Cn2nc(N)nc2Br)n1. The normalized spacial score (nSPS) is 11.3. The minimum absolute atomic E-state index is 0.265. The summed E-state index contributed by atoms with van der Waals surface area (Å²) in [5.41, 5.74) is 6.48. The number of nitrogens with two attached hydrogens (primary N) is 1. The van der Waals surface area contributed by atoms with Gasteiger partial charge < -0.3 is 5.73 Å². The lowest BCUT2D eigenvalue weighted by Crippen LogP contribution is -2.09. The van der Waals surface area contributed by atoms with Gasteiger partial charge in [-0.05, 0) is 34.8 Å². The number of halogens is 1. The zero-order valence-electron chi connectivity index (χ0n) is 10.5. The van der Waals surface area contributed by atoms with E-state index in [1.165, 1.54) is 0 Å². The van der Waals surface area contributed by atoms with Crippen LogP contribution in [0.3, 0.4) is 0 Å². The van der Waals surface area contributed by atoms with Crippen LogP contribution in [0.2, 0.25) is 0 Å². The molecule has 2 heterocycles. The fourth-order valence-electron chi connectivity index (χ4n) is 1.92. The minimum atomic E-state index is 0.265. The molecule has 0 saturated heterocycles. The van der Waals surface area contributed by atoms with Gasteiger partial charge in [-0.3, -0.25) is 4.68 Å². The molecule has 0 radical (unpaired) electrons. The van der Waals surface area contributed by atoms with Crippen LogP contribution in [-0.2, 0) is 6.54 Å². The zero-order valence-corrected chi connectivity index (χ0v) is 12.1. The lowest BCUT2D eigenvalue weighted by Gasteiger charge is -2.12. The van der Waals surface area contributed by atoms with Crippen molar-refractivity contribution in [1.82, 2.24) is 24.5 Å². The van der Waals surface area contributed by atoms with Crippen molar-refractivity contribution in [3.63, 3.8) is 0 Å². The molecule has 0 saturated carbocycles. The van der Waals surface area contributed by atoms with E-state index in [0.717, 1.165) is 18.5 Å². The van der Waals surface area contributed by atoms with Crippen LogP contribution in [0.5, 0.6) is 0 Å². The van der Waals surface area contributed by atoms with Crippen molar-refractivity contribution in [2.45, 2.75) is 39.3 Å². The minimum Gasteiger partial charge on any atom is -0.366 e. The van der Waals surface area contributed by atoms with E-state index in [1.807, 2.05) is 16.9 Å². The first-order valence-corrected chi connectivity index (χ1v) is 6.83. The molecule has 2 N–H and O–H groups in total. The quantitative estimate of drug-likeness (QED) is 0.918. The van der Waals surface area contributed by atoms with E-state index >= 15 is 0 Å². The Kier molecular flexibility index (Phi) is 4.00. The number of hydrogen-bond donors (Lipinski definition) is 1. The van der Waals surface area contributed by atoms with Gasteiger partial charge in [0.25, 0.3) is 0 Å². The van der Waals surface area contributed by atoms with Crippen molar-refractivity contribution in [1.29, 1.82) is 0 Å². The van der Waals surface area contributed by atoms with E-state index in [-0.39, 0.29) is 5.95 Å². The van der Waals surface area contributed by atoms with Gasteiger partial charge in [0.2, 0.25) is 5.95 Å². The van der Waals surface area contributed by atoms with E-state index in [9.17, 15) is 0 Å². The van der Waals surface area contributed by atoms with Crippen molar-refractivity contribution >= 4 is 21.9 Å². The van der Waals surface area contributed by atoms with Gasteiger partial charge in [0.1, 0.15) is 0 Å². The van der Waals surface area contributed by atoms with Gasteiger partial charge in [0, 0.05) is 6.20 Å². The average Bonchev–Trinajstić information content (AvgIpc) is 2.89. The van der Waals surface area contributed by atoms with Crippen molar-refractivity contribution in [2.75, 3.05) is 5.73 Å². The van der Waals surface area contributed by atoms with Gasteiger partial charge in [-0.1, -0.05) is 13.8 Å². The predicted octanol–water partition coefficient (Wildman–Crippen LogP) is 2.23. The summed E-state index contributed by atoms with van der Waals surface area (Å²) in [5.74, 6) is 0.265. The van der Waals surface area contributed by atoms with Gasteiger partial charge in [0.15, 0.2) is 4.73 Å².